The van der Waals surface area contributed by atoms with Gasteiger partial charge in [-0.2, -0.15) is 0 Å². The number of aromatic nitrogens is 3. The van der Waals surface area contributed by atoms with Crippen LogP contribution in [0, 0.1) is 5.82 Å². The van der Waals surface area contributed by atoms with Crippen LogP contribution in [0.15, 0.2) is 48.8 Å². The first-order valence-electron chi connectivity index (χ1n) is 11.0. The molecule has 3 aromatic rings. The quantitative estimate of drug-likeness (QED) is 0.572. The van der Waals surface area contributed by atoms with Crippen molar-refractivity contribution in [3.05, 3.63) is 65.9 Å². The highest BCUT2D eigenvalue weighted by Gasteiger charge is 2.27. The molecule has 33 heavy (non-hydrogen) atoms. The molecule has 0 unspecified atom stereocenters. The van der Waals surface area contributed by atoms with Crippen molar-refractivity contribution in [3.63, 3.8) is 0 Å². The lowest BCUT2D eigenvalue weighted by Gasteiger charge is -2.33. The van der Waals surface area contributed by atoms with E-state index in [-0.39, 0.29) is 24.0 Å². The highest BCUT2D eigenvalue weighted by Crippen LogP contribution is 2.30. The number of rotatable bonds is 6. The molecule has 1 aliphatic heterocycles. The van der Waals surface area contributed by atoms with E-state index in [2.05, 4.69) is 4.98 Å². The minimum absolute atomic E-state index is 0.0134. The van der Waals surface area contributed by atoms with Gasteiger partial charge in [0.05, 0.1) is 19.2 Å². The zero-order valence-electron chi connectivity index (χ0n) is 19.2. The number of benzene rings is 1. The third-order valence-corrected chi connectivity index (χ3v) is 5.89. The van der Waals surface area contributed by atoms with E-state index in [9.17, 15) is 9.18 Å². The van der Waals surface area contributed by atoms with Crippen LogP contribution in [0.1, 0.15) is 30.0 Å². The molecule has 1 saturated heterocycles. The Morgan fingerprint density at radius 3 is 2.67 bits per heavy atom. The Labute approximate surface area is 193 Å². The predicted octanol–water partition coefficient (Wildman–Crippen LogP) is 3.70. The minimum Gasteiger partial charge on any atom is -0.494 e. The van der Waals surface area contributed by atoms with Gasteiger partial charge in [-0.05, 0) is 42.7 Å². The lowest BCUT2D eigenvalue weighted by molar-refractivity contribution is -0.131. The molecule has 1 atom stereocenters. The summed E-state index contributed by atoms with van der Waals surface area (Å²) >= 11 is 0. The molecule has 1 aliphatic rings. The number of nitrogens with zero attached hydrogens (tertiary/aromatic N) is 5. The molecule has 2 aromatic heterocycles. The van der Waals surface area contributed by atoms with Crippen molar-refractivity contribution in [2.45, 2.75) is 25.2 Å². The SMILES string of the molecule is COc1ccc(CC(=O)N2CCC[C@@H](c3cc(N(C)C)nc(-c4ccncc4)n3)C2)cc1F. The van der Waals surface area contributed by atoms with E-state index in [4.69, 9.17) is 14.7 Å². The number of likely N-dealkylation sites (tertiary alicyclic amines) is 1. The fourth-order valence-electron chi connectivity index (χ4n) is 4.07. The number of pyridine rings is 1. The molecule has 4 rings (SSSR count). The van der Waals surface area contributed by atoms with Gasteiger partial charge in [-0.1, -0.05) is 6.07 Å². The largest absolute Gasteiger partial charge is 0.494 e. The van der Waals surface area contributed by atoms with Gasteiger partial charge in [0, 0.05) is 57.1 Å². The molecule has 0 radical (unpaired) electrons. The summed E-state index contributed by atoms with van der Waals surface area (Å²) in [6.45, 7) is 1.27. The molecule has 0 N–H and O–H groups in total. The third-order valence-electron chi connectivity index (χ3n) is 5.89. The molecule has 1 aromatic carbocycles. The van der Waals surface area contributed by atoms with Crippen LogP contribution in [-0.2, 0) is 11.2 Å². The summed E-state index contributed by atoms with van der Waals surface area (Å²) in [5, 5.41) is 0. The van der Waals surface area contributed by atoms with Gasteiger partial charge in [0.2, 0.25) is 5.91 Å². The van der Waals surface area contributed by atoms with E-state index in [1.807, 2.05) is 42.1 Å². The first-order chi connectivity index (χ1) is 15.9. The Kier molecular flexibility index (Phi) is 6.82. The van der Waals surface area contributed by atoms with E-state index in [1.165, 1.54) is 13.2 Å². The van der Waals surface area contributed by atoms with Gasteiger partial charge in [0.25, 0.3) is 0 Å². The standard InChI is InChI=1S/C25H28FN5O2/c1-30(2)23-15-21(28-25(29-23)18-8-10-27-11-9-18)19-5-4-12-31(16-19)24(32)14-17-6-7-22(33-3)20(26)13-17/h6-11,13,15,19H,4-5,12,14,16H2,1-3H3/t19-/m1/s1. The number of methoxy groups -OCH3 is 1. The maximum Gasteiger partial charge on any atom is 0.227 e. The minimum atomic E-state index is -0.458. The van der Waals surface area contributed by atoms with Crippen molar-refractivity contribution >= 4 is 11.7 Å². The molecule has 0 bridgehead atoms. The van der Waals surface area contributed by atoms with Crippen LogP contribution in [0.4, 0.5) is 10.2 Å². The maximum atomic E-state index is 14.0. The number of ether oxygens (including phenoxy) is 1. The van der Waals surface area contributed by atoms with Gasteiger partial charge in [-0.3, -0.25) is 9.78 Å². The van der Waals surface area contributed by atoms with Gasteiger partial charge < -0.3 is 14.5 Å². The molecule has 1 fully saturated rings. The smallest absolute Gasteiger partial charge is 0.227 e. The molecule has 172 valence electrons. The van der Waals surface area contributed by atoms with E-state index in [0.717, 1.165) is 29.9 Å². The number of carbonyl (C=O) groups excluding carboxylic acids is 1. The van der Waals surface area contributed by atoms with Crippen LogP contribution >= 0.6 is 0 Å². The Bertz CT molecular complexity index is 1120. The van der Waals surface area contributed by atoms with Crippen LogP contribution in [-0.4, -0.2) is 60.1 Å². The zero-order chi connectivity index (χ0) is 23.4. The summed E-state index contributed by atoms with van der Waals surface area (Å²) < 4.78 is 19.0. The summed E-state index contributed by atoms with van der Waals surface area (Å²) in [5.74, 6) is 1.28. The highest BCUT2D eigenvalue weighted by molar-refractivity contribution is 5.79. The molecule has 0 saturated carbocycles. The molecule has 7 nitrogen and oxygen atoms in total. The topological polar surface area (TPSA) is 71.5 Å². The number of anilines is 1. The maximum absolute atomic E-state index is 14.0. The number of piperidine rings is 1. The molecular weight excluding hydrogens is 421 g/mol. The zero-order valence-corrected chi connectivity index (χ0v) is 19.2. The second-order valence-electron chi connectivity index (χ2n) is 8.43. The van der Waals surface area contributed by atoms with Gasteiger partial charge >= 0.3 is 0 Å². The monoisotopic (exact) mass is 449 g/mol. The summed E-state index contributed by atoms with van der Waals surface area (Å²) in [6.07, 6.45) is 5.44. The van der Waals surface area contributed by atoms with Gasteiger partial charge in [0.15, 0.2) is 17.4 Å². The van der Waals surface area contributed by atoms with Crippen LogP contribution in [0.3, 0.4) is 0 Å². The molecule has 3 heterocycles. The van der Waals surface area contributed by atoms with Crippen molar-refractivity contribution < 1.29 is 13.9 Å². The molecular formula is C25H28FN5O2. The Morgan fingerprint density at radius 2 is 1.97 bits per heavy atom. The van der Waals surface area contributed by atoms with Crippen molar-refractivity contribution in [3.8, 4) is 17.1 Å². The third kappa shape index (κ3) is 5.27. The Balaban J connectivity index is 1.53. The van der Waals surface area contributed by atoms with Crippen LogP contribution in [0.2, 0.25) is 0 Å². The number of amides is 1. The Morgan fingerprint density at radius 1 is 1.18 bits per heavy atom. The number of hydrogen-bond donors (Lipinski definition) is 0. The Hall–Kier alpha value is -3.55. The van der Waals surface area contributed by atoms with Crippen molar-refractivity contribution in [1.82, 2.24) is 19.9 Å². The van der Waals surface area contributed by atoms with Crippen molar-refractivity contribution in [2.24, 2.45) is 0 Å². The fraction of sp³-hybridized carbons (Fsp3) is 0.360. The highest BCUT2D eigenvalue weighted by atomic mass is 19.1. The summed E-state index contributed by atoms with van der Waals surface area (Å²) in [7, 11) is 5.33. The predicted molar refractivity (Wildman–Crippen MR) is 125 cm³/mol. The first kappa shape index (κ1) is 22.6. The normalized spacial score (nSPS) is 15.9. The molecule has 0 spiro atoms. The second kappa shape index (κ2) is 9.94. The first-order valence-corrected chi connectivity index (χ1v) is 11.0. The molecule has 0 aliphatic carbocycles. The lowest BCUT2D eigenvalue weighted by atomic mass is 9.93. The molecule has 1 amide bonds. The number of hydrogen-bond acceptors (Lipinski definition) is 6. The lowest BCUT2D eigenvalue weighted by Crippen LogP contribution is -2.40. The van der Waals surface area contributed by atoms with E-state index in [0.29, 0.717) is 24.5 Å². The van der Waals surface area contributed by atoms with E-state index >= 15 is 0 Å². The van der Waals surface area contributed by atoms with Crippen LogP contribution in [0.25, 0.3) is 11.4 Å². The van der Waals surface area contributed by atoms with Crippen molar-refractivity contribution in [2.75, 3.05) is 39.2 Å². The molecule has 8 heteroatoms. The van der Waals surface area contributed by atoms with Gasteiger partial charge in [-0.15, -0.1) is 0 Å². The number of carbonyl (C=O) groups is 1. The van der Waals surface area contributed by atoms with Crippen LogP contribution < -0.4 is 9.64 Å². The number of halogens is 1. The summed E-state index contributed by atoms with van der Waals surface area (Å²) in [4.78, 5) is 30.4. The fourth-order valence-corrected chi connectivity index (χ4v) is 4.07. The summed E-state index contributed by atoms with van der Waals surface area (Å²) in [6, 6.07) is 10.4. The van der Waals surface area contributed by atoms with E-state index < -0.39 is 5.82 Å². The van der Waals surface area contributed by atoms with Crippen LogP contribution in [0.5, 0.6) is 5.75 Å². The van der Waals surface area contributed by atoms with Gasteiger partial charge in [-0.25, -0.2) is 14.4 Å². The average molecular weight is 450 g/mol. The van der Waals surface area contributed by atoms with Crippen molar-refractivity contribution in [1.29, 1.82) is 0 Å². The van der Waals surface area contributed by atoms with E-state index in [1.54, 1.807) is 24.5 Å². The second-order valence-corrected chi connectivity index (χ2v) is 8.43. The average Bonchev–Trinajstić information content (AvgIpc) is 2.84. The summed E-state index contributed by atoms with van der Waals surface area (Å²) in [5.41, 5.74) is 2.46. The van der Waals surface area contributed by atoms with Gasteiger partial charge in [0.1, 0.15) is 5.82 Å².